The van der Waals surface area contributed by atoms with Gasteiger partial charge in [-0.3, -0.25) is 0 Å². The first kappa shape index (κ1) is 16.6. The average molecular weight is 347 g/mol. The molecule has 0 spiro atoms. The summed E-state index contributed by atoms with van der Waals surface area (Å²) in [5, 5.41) is 3.99. The molecule has 1 aromatic carbocycles. The number of hydrogen-bond acceptors (Lipinski definition) is 6. The largest absolute Gasteiger partial charge is 0.496 e. The van der Waals surface area contributed by atoms with Crippen molar-refractivity contribution in [1.82, 2.24) is 19.7 Å². The molecular weight excluding hydrogens is 332 g/mol. The molecule has 9 heteroatoms. The van der Waals surface area contributed by atoms with Crippen molar-refractivity contribution in [2.45, 2.75) is 13.2 Å². The lowest BCUT2D eigenvalue weighted by atomic mass is 10.0. The summed E-state index contributed by atoms with van der Waals surface area (Å²) in [5.74, 6) is 0.488. The summed E-state index contributed by atoms with van der Waals surface area (Å²) in [6.07, 6.45) is 2.91. The van der Waals surface area contributed by atoms with Crippen LogP contribution in [-0.4, -0.2) is 33.5 Å². The van der Waals surface area contributed by atoms with Crippen LogP contribution in [0.4, 0.5) is 14.7 Å². The van der Waals surface area contributed by atoms with Gasteiger partial charge in [-0.2, -0.15) is 8.78 Å². The van der Waals surface area contributed by atoms with Gasteiger partial charge < -0.3 is 15.2 Å². The smallest absolute Gasteiger partial charge is 0.388 e. The number of benzene rings is 1. The standard InChI is InChI=1S/C16H15F2N5O2/c1-24-13-5-3-2-4-11(13)12-6-10(7-20-14(12)25-15(17)18)8-23-9-21-16(19)22-23/h2-7,9,15H,8H2,1H3,(H2,19,22). The van der Waals surface area contributed by atoms with E-state index in [0.717, 1.165) is 0 Å². The summed E-state index contributed by atoms with van der Waals surface area (Å²) in [6, 6.07) is 8.72. The highest BCUT2D eigenvalue weighted by atomic mass is 19.3. The van der Waals surface area contributed by atoms with Gasteiger partial charge in [0.1, 0.15) is 12.1 Å². The lowest BCUT2D eigenvalue weighted by Gasteiger charge is -2.14. The van der Waals surface area contributed by atoms with Gasteiger partial charge in [0.2, 0.25) is 11.8 Å². The highest BCUT2D eigenvalue weighted by molar-refractivity contribution is 5.74. The predicted molar refractivity (Wildman–Crippen MR) is 86.4 cm³/mol. The first-order valence-electron chi connectivity index (χ1n) is 7.29. The van der Waals surface area contributed by atoms with Gasteiger partial charge >= 0.3 is 6.61 Å². The first-order chi connectivity index (χ1) is 12.1. The third-order valence-corrected chi connectivity index (χ3v) is 3.40. The molecule has 0 aliphatic heterocycles. The van der Waals surface area contributed by atoms with Crippen LogP contribution in [0.25, 0.3) is 11.1 Å². The zero-order valence-electron chi connectivity index (χ0n) is 13.3. The van der Waals surface area contributed by atoms with Crippen LogP contribution in [-0.2, 0) is 6.54 Å². The fraction of sp³-hybridized carbons (Fsp3) is 0.188. The van der Waals surface area contributed by atoms with Crippen LogP contribution in [0.15, 0.2) is 42.9 Å². The minimum absolute atomic E-state index is 0.149. The highest BCUT2D eigenvalue weighted by Crippen LogP contribution is 2.36. The number of methoxy groups -OCH3 is 1. The van der Waals surface area contributed by atoms with Crippen LogP contribution < -0.4 is 15.2 Å². The highest BCUT2D eigenvalue weighted by Gasteiger charge is 2.17. The number of alkyl halides is 2. The monoisotopic (exact) mass is 347 g/mol. The van der Waals surface area contributed by atoms with Crippen molar-refractivity contribution in [3.05, 3.63) is 48.4 Å². The summed E-state index contributed by atoms with van der Waals surface area (Å²) in [5.41, 5.74) is 7.19. The van der Waals surface area contributed by atoms with Gasteiger partial charge in [-0.25, -0.2) is 14.6 Å². The Bertz CT molecular complexity index is 869. The second-order valence-electron chi connectivity index (χ2n) is 5.08. The topological polar surface area (TPSA) is 88.1 Å². The Hall–Kier alpha value is -3.23. The van der Waals surface area contributed by atoms with E-state index in [4.69, 9.17) is 10.5 Å². The number of nitrogens with two attached hydrogens (primary N) is 1. The van der Waals surface area contributed by atoms with E-state index in [1.807, 2.05) is 0 Å². The van der Waals surface area contributed by atoms with Gasteiger partial charge in [-0.05, 0) is 17.7 Å². The number of para-hydroxylation sites is 1. The fourth-order valence-corrected chi connectivity index (χ4v) is 2.39. The Morgan fingerprint density at radius 2 is 2.00 bits per heavy atom. The predicted octanol–water partition coefficient (Wildman–Crippen LogP) is 2.58. The van der Waals surface area contributed by atoms with Crippen LogP contribution in [0.3, 0.4) is 0 Å². The van der Waals surface area contributed by atoms with Crippen LogP contribution in [0.5, 0.6) is 11.6 Å². The molecule has 2 N–H and O–H groups in total. The Morgan fingerprint density at radius 3 is 2.68 bits per heavy atom. The third kappa shape index (κ3) is 3.82. The number of nitrogen functional groups attached to an aromatic ring is 1. The maximum absolute atomic E-state index is 12.7. The molecule has 0 saturated heterocycles. The molecule has 3 rings (SSSR count). The van der Waals surface area contributed by atoms with Crippen molar-refractivity contribution in [2.24, 2.45) is 0 Å². The zero-order chi connectivity index (χ0) is 17.8. The SMILES string of the molecule is COc1ccccc1-c1cc(Cn2cnc(N)n2)cnc1OC(F)F. The van der Waals surface area contributed by atoms with Crippen LogP contribution in [0, 0.1) is 0 Å². The fourth-order valence-electron chi connectivity index (χ4n) is 2.39. The molecule has 2 aromatic heterocycles. The molecular formula is C16H15F2N5O2. The molecule has 0 unspecified atom stereocenters. The summed E-state index contributed by atoms with van der Waals surface area (Å²) in [7, 11) is 1.50. The van der Waals surface area contributed by atoms with Crippen molar-refractivity contribution < 1.29 is 18.3 Å². The molecule has 25 heavy (non-hydrogen) atoms. The minimum Gasteiger partial charge on any atom is -0.496 e. The third-order valence-electron chi connectivity index (χ3n) is 3.40. The molecule has 0 aliphatic rings. The van der Waals surface area contributed by atoms with Gasteiger partial charge in [0, 0.05) is 17.3 Å². The molecule has 7 nitrogen and oxygen atoms in total. The normalized spacial score (nSPS) is 10.9. The maximum atomic E-state index is 12.7. The second-order valence-corrected chi connectivity index (χ2v) is 5.08. The number of pyridine rings is 1. The summed E-state index contributed by atoms with van der Waals surface area (Å²) < 4.78 is 36.8. The lowest BCUT2D eigenvalue weighted by Crippen LogP contribution is -2.07. The molecule has 3 aromatic rings. The van der Waals surface area contributed by atoms with Crippen LogP contribution in [0.2, 0.25) is 0 Å². The molecule has 130 valence electrons. The number of aromatic nitrogens is 4. The van der Waals surface area contributed by atoms with E-state index in [9.17, 15) is 8.78 Å². The van der Waals surface area contributed by atoms with E-state index < -0.39 is 6.61 Å². The molecule has 0 saturated carbocycles. The maximum Gasteiger partial charge on any atom is 0.388 e. The molecule has 0 radical (unpaired) electrons. The number of nitrogens with zero attached hydrogens (tertiary/aromatic N) is 4. The molecule has 0 atom stereocenters. The van der Waals surface area contributed by atoms with E-state index in [2.05, 4.69) is 19.8 Å². The Morgan fingerprint density at radius 1 is 1.20 bits per heavy atom. The molecule has 0 bridgehead atoms. The van der Waals surface area contributed by atoms with Crippen molar-refractivity contribution in [2.75, 3.05) is 12.8 Å². The van der Waals surface area contributed by atoms with Crippen LogP contribution >= 0.6 is 0 Å². The second kappa shape index (κ2) is 7.12. The summed E-state index contributed by atoms with van der Waals surface area (Å²) in [6.45, 7) is -2.66. The Kier molecular flexibility index (Phi) is 4.73. The van der Waals surface area contributed by atoms with Gasteiger partial charge in [-0.1, -0.05) is 18.2 Å². The van der Waals surface area contributed by atoms with Crippen molar-refractivity contribution in [3.63, 3.8) is 0 Å². The molecule has 0 aliphatic carbocycles. The summed E-state index contributed by atoms with van der Waals surface area (Å²) in [4.78, 5) is 7.87. The van der Waals surface area contributed by atoms with Gasteiger partial charge in [0.15, 0.2) is 0 Å². The number of ether oxygens (including phenoxy) is 2. The average Bonchev–Trinajstić information content (AvgIpc) is 3.00. The van der Waals surface area contributed by atoms with Crippen molar-refractivity contribution in [3.8, 4) is 22.8 Å². The number of hydrogen-bond donors (Lipinski definition) is 1. The van der Waals surface area contributed by atoms with Gasteiger partial charge in [0.25, 0.3) is 0 Å². The number of anilines is 1. The van der Waals surface area contributed by atoms with Crippen LogP contribution in [0.1, 0.15) is 5.56 Å². The van der Waals surface area contributed by atoms with E-state index in [0.29, 0.717) is 29.0 Å². The zero-order valence-corrected chi connectivity index (χ0v) is 13.3. The molecule has 0 amide bonds. The van der Waals surface area contributed by atoms with Gasteiger partial charge in [0.05, 0.1) is 13.7 Å². The summed E-state index contributed by atoms with van der Waals surface area (Å²) >= 11 is 0. The number of halogens is 2. The first-order valence-corrected chi connectivity index (χ1v) is 7.29. The number of rotatable bonds is 6. The van der Waals surface area contributed by atoms with E-state index in [1.165, 1.54) is 24.3 Å². The Labute approximate surface area is 142 Å². The van der Waals surface area contributed by atoms with Crippen molar-refractivity contribution in [1.29, 1.82) is 0 Å². The Balaban J connectivity index is 2.04. The van der Waals surface area contributed by atoms with E-state index in [1.54, 1.807) is 30.3 Å². The van der Waals surface area contributed by atoms with E-state index in [-0.39, 0.29) is 11.8 Å². The van der Waals surface area contributed by atoms with Crippen molar-refractivity contribution >= 4 is 5.95 Å². The lowest BCUT2D eigenvalue weighted by molar-refractivity contribution is -0.0524. The quantitative estimate of drug-likeness (QED) is 0.737. The van der Waals surface area contributed by atoms with E-state index >= 15 is 0 Å². The molecule has 0 fully saturated rings. The van der Waals surface area contributed by atoms with Gasteiger partial charge in [-0.15, -0.1) is 5.10 Å². The molecule has 2 heterocycles. The minimum atomic E-state index is -2.98.